The Labute approximate surface area is 153 Å². The normalized spacial score (nSPS) is 11.7. The van der Waals surface area contributed by atoms with Crippen molar-refractivity contribution in [3.63, 3.8) is 0 Å². The standard InChI is InChI=1S/C21H20N2OS/c24-21(18(15-25)14-16-6-2-1-3-7-16)23-19-11-9-17(10-12-19)20-8-4-5-13-22-20/h1-13,18,25H,14-15H2,(H,23,24). The number of aromatic nitrogens is 1. The first-order valence-corrected chi connectivity index (χ1v) is 8.86. The Morgan fingerprint density at radius 1 is 0.960 bits per heavy atom. The Bertz CT molecular complexity index is 804. The first-order chi connectivity index (χ1) is 12.3. The SMILES string of the molecule is O=C(Nc1ccc(-c2ccccn2)cc1)C(CS)Cc1ccccc1. The number of hydrogen-bond donors (Lipinski definition) is 2. The van der Waals surface area contributed by atoms with Gasteiger partial charge >= 0.3 is 0 Å². The maximum atomic E-state index is 12.5. The molecule has 126 valence electrons. The number of pyridine rings is 1. The summed E-state index contributed by atoms with van der Waals surface area (Å²) in [6, 6.07) is 23.6. The van der Waals surface area contributed by atoms with Crippen LogP contribution in [0.3, 0.4) is 0 Å². The maximum absolute atomic E-state index is 12.5. The molecule has 1 N–H and O–H groups in total. The van der Waals surface area contributed by atoms with E-state index in [1.165, 1.54) is 0 Å². The lowest BCUT2D eigenvalue weighted by Crippen LogP contribution is -2.26. The summed E-state index contributed by atoms with van der Waals surface area (Å²) in [6.07, 6.45) is 2.45. The van der Waals surface area contributed by atoms with Crippen LogP contribution in [0.2, 0.25) is 0 Å². The largest absolute Gasteiger partial charge is 0.326 e. The second kappa shape index (κ2) is 8.49. The van der Waals surface area contributed by atoms with Crippen LogP contribution in [0.25, 0.3) is 11.3 Å². The van der Waals surface area contributed by atoms with E-state index in [2.05, 4.69) is 22.9 Å². The number of anilines is 1. The molecule has 2 aromatic carbocycles. The predicted molar refractivity (Wildman–Crippen MR) is 106 cm³/mol. The molecule has 3 aromatic rings. The minimum Gasteiger partial charge on any atom is -0.326 e. The fraction of sp³-hybridized carbons (Fsp3) is 0.143. The number of thiol groups is 1. The summed E-state index contributed by atoms with van der Waals surface area (Å²) >= 11 is 4.35. The number of nitrogens with zero attached hydrogens (tertiary/aromatic N) is 1. The Morgan fingerprint density at radius 3 is 2.32 bits per heavy atom. The van der Waals surface area contributed by atoms with Gasteiger partial charge in [0.2, 0.25) is 5.91 Å². The fourth-order valence-electron chi connectivity index (χ4n) is 2.64. The highest BCUT2D eigenvalue weighted by atomic mass is 32.1. The first-order valence-electron chi connectivity index (χ1n) is 8.23. The van der Waals surface area contributed by atoms with Crippen molar-refractivity contribution in [2.75, 3.05) is 11.1 Å². The van der Waals surface area contributed by atoms with Crippen LogP contribution >= 0.6 is 12.6 Å². The molecule has 0 aliphatic rings. The molecule has 1 heterocycles. The van der Waals surface area contributed by atoms with Crippen LogP contribution in [0.5, 0.6) is 0 Å². The minimum atomic E-state index is -0.166. The molecule has 0 radical (unpaired) electrons. The van der Waals surface area contributed by atoms with Gasteiger partial charge in [0.05, 0.1) is 11.6 Å². The van der Waals surface area contributed by atoms with Gasteiger partial charge in [-0.15, -0.1) is 0 Å². The van der Waals surface area contributed by atoms with E-state index in [1.54, 1.807) is 6.20 Å². The summed E-state index contributed by atoms with van der Waals surface area (Å²) in [5, 5.41) is 2.98. The highest BCUT2D eigenvalue weighted by Crippen LogP contribution is 2.20. The van der Waals surface area contributed by atoms with Crippen LogP contribution < -0.4 is 5.32 Å². The molecule has 0 spiro atoms. The molecule has 4 heteroatoms. The number of carbonyl (C=O) groups excluding carboxylic acids is 1. The maximum Gasteiger partial charge on any atom is 0.228 e. The second-order valence-electron chi connectivity index (χ2n) is 5.85. The lowest BCUT2D eigenvalue weighted by molar-refractivity contribution is -0.119. The van der Waals surface area contributed by atoms with Gasteiger partial charge in [0.1, 0.15) is 0 Å². The molecule has 1 unspecified atom stereocenters. The van der Waals surface area contributed by atoms with Crippen molar-refractivity contribution < 1.29 is 4.79 Å². The van der Waals surface area contributed by atoms with Crippen LogP contribution in [0.4, 0.5) is 5.69 Å². The Kier molecular flexibility index (Phi) is 5.86. The van der Waals surface area contributed by atoms with Gasteiger partial charge in [-0.1, -0.05) is 48.5 Å². The van der Waals surface area contributed by atoms with Crippen molar-refractivity contribution in [1.82, 2.24) is 4.98 Å². The molecule has 3 nitrogen and oxygen atoms in total. The summed E-state index contributed by atoms with van der Waals surface area (Å²) in [6.45, 7) is 0. The molecule has 3 rings (SSSR count). The van der Waals surface area contributed by atoms with Crippen LogP contribution in [0.15, 0.2) is 79.0 Å². The van der Waals surface area contributed by atoms with E-state index >= 15 is 0 Å². The molecule has 0 bridgehead atoms. The minimum absolute atomic E-state index is 0.00978. The fourth-order valence-corrected chi connectivity index (χ4v) is 2.94. The Morgan fingerprint density at radius 2 is 1.68 bits per heavy atom. The molecule has 1 atom stereocenters. The number of nitrogens with one attached hydrogen (secondary N) is 1. The van der Waals surface area contributed by atoms with E-state index in [0.29, 0.717) is 12.2 Å². The van der Waals surface area contributed by atoms with E-state index in [-0.39, 0.29) is 11.8 Å². The van der Waals surface area contributed by atoms with E-state index in [1.807, 2.05) is 72.8 Å². The third-order valence-corrected chi connectivity index (χ3v) is 4.47. The average molecular weight is 348 g/mol. The number of rotatable bonds is 6. The van der Waals surface area contributed by atoms with Crippen LogP contribution in [-0.4, -0.2) is 16.6 Å². The van der Waals surface area contributed by atoms with Gasteiger partial charge in [0.15, 0.2) is 0 Å². The predicted octanol–water partition coefficient (Wildman–Crippen LogP) is 4.48. The quantitative estimate of drug-likeness (QED) is 0.645. The van der Waals surface area contributed by atoms with E-state index in [4.69, 9.17) is 0 Å². The van der Waals surface area contributed by atoms with Gasteiger partial charge in [0.25, 0.3) is 0 Å². The average Bonchev–Trinajstić information content (AvgIpc) is 2.68. The zero-order chi connectivity index (χ0) is 17.5. The molecule has 1 amide bonds. The van der Waals surface area contributed by atoms with Gasteiger partial charge in [-0.05, 0) is 36.2 Å². The third-order valence-electron chi connectivity index (χ3n) is 4.03. The summed E-state index contributed by atoms with van der Waals surface area (Å²) in [4.78, 5) is 16.9. The first kappa shape index (κ1) is 17.2. The zero-order valence-corrected chi connectivity index (χ0v) is 14.7. The molecule has 0 saturated carbocycles. The lowest BCUT2D eigenvalue weighted by Gasteiger charge is -2.15. The molecular formula is C21H20N2OS. The molecule has 0 fully saturated rings. The Hall–Kier alpha value is -2.59. The molecule has 1 aromatic heterocycles. The summed E-state index contributed by atoms with van der Waals surface area (Å²) in [7, 11) is 0. The highest BCUT2D eigenvalue weighted by molar-refractivity contribution is 7.80. The van der Waals surface area contributed by atoms with Gasteiger partial charge < -0.3 is 5.32 Å². The van der Waals surface area contributed by atoms with Crippen molar-refractivity contribution in [1.29, 1.82) is 0 Å². The van der Waals surface area contributed by atoms with Crippen LogP contribution in [0, 0.1) is 5.92 Å². The number of carbonyl (C=O) groups is 1. The summed E-state index contributed by atoms with van der Waals surface area (Å²) in [5.74, 6) is 0.331. The Balaban J connectivity index is 1.65. The monoisotopic (exact) mass is 348 g/mol. The molecule has 0 saturated heterocycles. The van der Waals surface area contributed by atoms with Gasteiger partial charge in [-0.25, -0.2) is 0 Å². The second-order valence-corrected chi connectivity index (χ2v) is 6.22. The van der Waals surface area contributed by atoms with Gasteiger partial charge in [-0.3, -0.25) is 9.78 Å². The smallest absolute Gasteiger partial charge is 0.228 e. The van der Waals surface area contributed by atoms with E-state index in [0.717, 1.165) is 22.5 Å². The van der Waals surface area contributed by atoms with Gasteiger partial charge in [-0.2, -0.15) is 12.6 Å². The number of hydrogen-bond acceptors (Lipinski definition) is 3. The number of benzene rings is 2. The van der Waals surface area contributed by atoms with Crippen molar-refractivity contribution >= 4 is 24.2 Å². The van der Waals surface area contributed by atoms with Crippen molar-refractivity contribution in [3.8, 4) is 11.3 Å². The summed E-state index contributed by atoms with van der Waals surface area (Å²) < 4.78 is 0. The number of amides is 1. The molecule has 25 heavy (non-hydrogen) atoms. The summed E-state index contributed by atoms with van der Waals surface area (Å²) in [5.41, 5.74) is 3.86. The van der Waals surface area contributed by atoms with Crippen LogP contribution in [-0.2, 0) is 11.2 Å². The molecular weight excluding hydrogens is 328 g/mol. The van der Waals surface area contributed by atoms with E-state index < -0.39 is 0 Å². The van der Waals surface area contributed by atoms with E-state index in [9.17, 15) is 4.79 Å². The van der Waals surface area contributed by atoms with Crippen molar-refractivity contribution in [2.45, 2.75) is 6.42 Å². The lowest BCUT2D eigenvalue weighted by atomic mass is 10.00. The van der Waals surface area contributed by atoms with Gasteiger partial charge in [0, 0.05) is 23.2 Å². The third kappa shape index (κ3) is 4.70. The highest BCUT2D eigenvalue weighted by Gasteiger charge is 2.17. The molecule has 0 aliphatic heterocycles. The van der Waals surface area contributed by atoms with Crippen molar-refractivity contribution in [3.05, 3.63) is 84.6 Å². The molecule has 0 aliphatic carbocycles. The van der Waals surface area contributed by atoms with Crippen LogP contribution in [0.1, 0.15) is 5.56 Å². The topological polar surface area (TPSA) is 42.0 Å². The van der Waals surface area contributed by atoms with Crippen molar-refractivity contribution in [2.24, 2.45) is 5.92 Å². The zero-order valence-electron chi connectivity index (χ0n) is 13.8.